The predicted molar refractivity (Wildman–Crippen MR) is 63.0 cm³/mol. The van der Waals surface area contributed by atoms with Gasteiger partial charge in [-0.25, -0.2) is 0 Å². The van der Waals surface area contributed by atoms with Crippen molar-refractivity contribution in [2.75, 3.05) is 26.7 Å². The molecule has 1 aromatic rings. The Morgan fingerprint density at radius 1 is 1.53 bits per heavy atom. The minimum Gasteiger partial charge on any atom is -0.365 e. The van der Waals surface area contributed by atoms with E-state index in [0.717, 1.165) is 19.0 Å². The van der Waals surface area contributed by atoms with Crippen molar-refractivity contribution in [2.45, 2.75) is 25.3 Å². The van der Waals surface area contributed by atoms with Crippen LogP contribution in [0.25, 0.3) is 0 Å². The third-order valence-electron chi connectivity index (χ3n) is 3.12. The molecule has 2 rings (SSSR count). The molecule has 0 saturated carbocycles. The topological polar surface area (TPSA) is 31.1 Å². The number of hydrogen-bond donors (Lipinski definition) is 2. The van der Waals surface area contributed by atoms with Crippen LogP contribution in [0, 0.1) is 0 Å². The van der Waals surface area contributed by atoms with Crippen molar-refractivity contribution in [1.29, 1.82) is 0 Å². The molecular formula is C12H21N3. The molecule has 84 valence electrons. The molecule has 0 radical (unpaired) electrons. The molecule has 1 fully saturated rings. The van der Waals surface area contributed by atoms with E-state index in [1.54, 1.807) is 0 Å². The average Bonchev–Trinajstić information content (AvgIpc) is 2.86. The Morgan fingerprint density at radius 2 is 2.47 bits per heavy atom. The molecule has 0 aliphatic carbocycles. The van der Waals surface area contributed by atoms with E-state index in [1.165, 1.54) is 31.6 Å². The lowest BCUT2D eigenvalue weighted by atomic mass is 10.2. The van der Waals surface area contributed by atoms with Gasteiger partial charge < -0.3 is 15.2 Å². The molecular weight excluding hydrogens is 186 g/mol. The molecule has 1 unspecified atom stereocenters. The number of aromatic nitrogens is 1. The van der Waals surface area contributed by atoms with Crippen LogP contribution < -0.4 is 5.32 Å². The van der Waals surface area contributed by atoms with Crippen LogP contribution >= 0.6 is 0 Å². The summed E-state index contributed by atoms with van der Waals surface area (Å²) in [7, 11) is 2.21. The number of aromatic amines is 1. The first-order valence-electron chi connectivity index (χ1n) is 5.89. The van der Waals surface area contributed by atoms with E-state index in [9.17, 15) is 0 Å². The maximum absolute atomic E-state index is 3.53. The summed E-state index contributed by atoms with van der Waals surface area (Å²) >= 11 is 0. The lowest BCUT2D eigenvalue weighted by molar-refractivity contribution is 0.303. The predicted octanol–water partition coefficient (Wildman–Crippen LogP) is 1.24. The summed E-state index contributed by atoms with van der Waals surface area (Å²) in [5.74, 6) is 0. The molecule has 1 atom stereocenters. The zero-order valence-corrected chi connectivity index (χ0v) is 9.50. The molecule has 1 aromatic heterocycles. The largest absolute Gasteiger partial charge is 0.365 e. The van der Waals surface area contributed by atoms with Crippen LogP contribution in [0.3, 0.4) is 0 Å². The summed E-state index contributed by atoms with van der Waals surface area (Å²) in [5.41, 5.74) is 1.33. The number of rotatable bonds is 5. The lowest BCUT2D eigenvalue weighted by Crippen LogP contribution is -2.36. The number of nitrogens with zero attached hydrogens (tertiary/aromatic N) is 1. The fourth-order valence-corrected chi connectivity index (χ4v) is 2.21. The van der Waals surface area contributed by atoms with Crippen LogP contribution in [0.4, 0.5) is 0 Å². The van der Waals surface area contributed by atoms with Crippen molar-refractivity contribution < 1.29 is 0 Å². The summed E-state index contributed by atoms with van der Waals surface area (Å²) in [4.78, 5) is 5.66. The Kier molecular flexibility index (Phi) is 3.80. The highest BCUT2D eigenvalue weighted by atomic mass is 15.1. The summed E-state index contributed by atoms with van der Waals surface area (Å²) in [6, 6.07) is 4.94. The van der Waals surface area contributed by atoms with Crippen molar-refractivity contribution in [3.05, 3.63) is 24.0 Å². The normalized spacial score (nSPS) is 21.3. The van der Waals surface area contributed by atoms with Crippen LogP contribution in [0.15, 0.2) is 18.3 Å². The van der Waals surface area contributed by atoms with E-state index in [1.807, 2.05) is 6.20 Å². The number of nitrogens with one attached hydrogen (secondary N) is 2. The Labute approximate surface area is 91.9 Å². The Hall–Kier alpha value is -0.800. The maximum Gasteiger partial charge on any atom is 0.0195 e. The third-order valence-corrected chi connectivity index (χ3v) is 3.12. The number of likely N-dealkylation sites (N-methyl/N-ethyl adjacent to an activating group) is 1. The molecule has 1 saturated heterocycles. The van der Waals surface area contributed by atoms with Gasteiger partial charge in [0.2, 0.25) is 0 Å². The molecule has 3 nitrogen and oxygen atoms in total. The minimum absolute atomic E-state index is 0.721. The van der Waals surface area contributed by atoms with Gasteiger partial charge in [0.05, 0.1) is 0 Å². The van der Waals surface area contributed by atoms with E-state index >= 15 is 0 Å². The maximum atomic E-state index is 3.53. The monoisotopic (exact) mass is 207 g/mol. The van der Waals surface area contributed by atoms with Crippen molar-refractivity contribution >= 4 is 0 Å². The first-order valence-corrected chi connectivity index (χ1v) is 5.89. The second-order valence-corrected chi connectivity index (χ2v) is 4.50. The molecule has 1 aliphatic heterocycles. The Bertz CT molecular complexity index is 262. The van der Waals surface area contributed by atoms with Gasteiger partial charge in [-0.05, 0) is 38.6 Å². The van der Waals surface area contributed by atoms with Gasteiger partial charge in [-0.1, -0.05) is 0 Å². The Balaban J connectivity index is 1.66. The van der Waals surface area contributed by atoms with Gasteiger partial charge >= 0.3 is 0 Å². The van der Waals surface area contributed by atoms with E-state index in [-0.39, 0.29) is 0 Å². The van der Waals surface area contributed by atoms with Crippen LogP contribution in [0.1, 0.15) is 18.5 Å². The van der Waals surface area contributed by atoms with Gasteiger partial charge in [0.1, 0.15) is 0 Å². The van der Waals surface area contributed by atoms with Gasteiger partial charge in [0.15, 0.2) is 0 Å². The lowest BCUT2D eigenvalue weighted by Gasteiger charge is -2.20. The molecule has 3 heteroatoms. The molecule has 2 heterocycles. The fourth-order valence-electron chi connectivity index (χ4n) is 2.21. The van der Waals surface area contributed by atoms with Crippen LogP contribution in [-0.4, -0.2) is 42.6 Å². The van der Waals surface area contributed by atoms with Crippen molar-refractivity contribution in [1.82, 2.24) is 15.2 Å². The van der Waals surface area contributed by atoms with Crippen LogP contribution in [-0.2, 0) is 6.42 Å². The quantitative estimate of drug-likeness (QED) is 0.761. The fraction of sp³-hybridized carbons (Fsp3) is 0.667. The second kappa shape index (κ2) is 5.33. The summed E-state index contributed by atoms with van der Waals surface area (Å²) in [5, 5.41) is 3.53. The standard InChI is InChI=1S/C12H21N3/c1-15(10-12-5-3-8-14-12)9-6-11-4-2-7-13-11/h2,4,7,12-14H,3,5-6,8-10H2,1H3. The van der Waals surface area contributed by atoms with Crippen molar-refractivity contribution in [2.24, 2.45) is 0 Å². The highest BCUT2D eigenvalue weighted by Gasteiger charge is 2.15. The average molecular weight is 207 g/mol. The van der Waals surface area contributed by atoms with E-state index in [2.05, 4.69) is 34.4 Å². The number of H-pyrrole nitrogens is 1. The third kappa shape index (κ3) is 3.36. The minimum atomic E-state index is 0.721. The molecule has 2 N–H and O–H groups in total. The van der Waals surface area contributed by atoms with Gasteiger partial charge in [-0.3, -0.25) is 0 Å². The van der Waals surface area contributed by atoms with Gasteiger partial charge in [-0.15, -0.1) is 0 Å². The molecule has 0 amide bonds. The molecule has 0 bridgehead atoms. The van der Waals surface area contributed by atoms with E-state index in [4.69, 9.17) is 0 Å². The zero-order valence-electron chi connectivity index (χ0n) is 9.50. The van der Waals surface area contributed by atoms with Crippen LogP contribution in [0.2, 0.25) is 0 Å². The second-order valence-electron chi connectivity index (χ2n) is 4.50. The smallest absolute Gasteiger partial charge is 0.0195 e. The Morgan fingerprint density at radius 3 is 3.13 bits per heavy atom. The first kappa shape index (κ1) is 10.7. The van der Waals surface area contributed by atoms with Crippen molar-refractivity contribution in [3.8, 4) is 0 Å². The first-order chi connectivity index (χ1) is 7.34. The van der Waals surface area contributed by atoms with Crippen LogP contribution in [0.5, 0.6) is 0 Å². The highest BCUT2D eigenvalue weighted by Crippen LogP contribution is 2.06. The SMILES string of the molecule is CN(CCc1ccc[nH]1)CC1CCCN1. The molecule has 1 aliphatic rings. The summed E-state index contributed by atoms with van der Waals surface area (Å²) < 4.78 is 0. The van der Waals surface area contributed by atoms with Gasteiger partial charge in [0.25, 0.3) is 0 Å². The molecule has 0 aromatic carbocycles. The van der Waals surface area contributed by atoms with Gasteiger partial charge in [0, 0.05) is 37.4 Å². The van der Waals surface area contributed by atoms with Gasteiger partial charge in [-0.2, -0.15) is 0 Å². The zero-order chi connectivity index (χ0) is 10.5. The molecule has 0 spiro atoms. The van der Waals surface area contributed by atoms with E-state index in [0.29, 0.717) is 0 Å². The summed E-state index contributed by atoms with van der Waals surface area (Å²) in [6.45, 7) is 3.52. The highest BCUT2D eigenvalue weighted by molar-refractivity contribution is 5.03. The number of hydrogen-bond acceptors (Lipinski definition) is 2. The molecule has 15 heavy (non-hydrogen) atoms. The van der Waals surface area contributed by atoms with E-state index < -0.39 is 0 Å². The van der Waals surface area contributed by atoms with Crippen molar-refractivity contribution in [3.63, 3.8) is 0 Å². The summed E-state index contributed by atoms with van der Waals surface area (Å²) in [6.07, 6.45) is 5.80.